The van der Waals surface area contributed by atoms with Gasteiger partial charge >= 0.3 is 0 Å². The molecule has 2 aromatic carbocycles. The van der Waals surface area contributed by atoms with Gasteiger partial charge in [0.05, 0.1) is 0 Å². The molecule has 0 aliphatic rings. The molecule has 0 aliphatic heterocycles. The Morgan fingerprint density at radius 3 is 2.58 bits per heavy atom. The van der Waals surface area contributed by atoms with E-state index in [0.717, 1.165) is 0 Å². The average Bonchev–Trinajstić information content (AvgIpc) is 3.06. The molecule has 0 unspecified atom stereocenters. The Bertz CT molecular complexity index is 835. The van der Waals surface area contributed by atoms with Crippen molar-refractivity contribution in [2.24, 2.45) is 0 Å². The summed E-state index contributed by atoms with van der Waals surface area (Å²) in [4.78, 5) is 16.3. The molecule has 7 heteroatoms. The first kappa shape index (κ1) is 16.4. The molecule has 0 radical (unpaired) electrons. The highest BCUT2D eigenvalue weighted by atomic mass is 35.5. The maximum atomic E-state index is 12.9. The van der Waals surface area contributed by atoms with Gasteiger partial charge < -0.3 is 10.1 Å². The Hall–Kier alpha value is -2.44. The monoisotopic (exact) mass is 362 g/mol. The van der Waals surface area contributed by atoms with Crippen molar-refractivity contribution in [1.29, 1.82) is 0 Å². The zero-order chi connectivity index (χ0) is 16.9. The Morgan fingerprint density at radius 1 is 1.17 bits per heavy atom. The van der Waals surface area contributed by atoms with E-state index in [2.05, 4.69) is 10.3 Å². The molecule has 0 fully saturated rings. The number of hydrogen-bond donors (Lipinski definition) is 1. The zero-order valence-electron chi connectivity index (χ0n) is 12.3. The minimum absolute atomic E-state index is 0.260. The first-order valence-electron chi connectivity index (χ1n) is 7.00. The summed E-state index contributed by atoms with van der Waals surface area (Å²) in [6, 6.07) is 12.5. The summed E-state index contributed by atoms with van der Waals surface area (Å²) in [6.45, 7) is 0.260. The summed E-state index contributed by atoms with van der Waals surface area (Å²) >= 11 is 7.14. The number of benzene rings is 2. The van der Waals surface area contributed by atoms with Crippen molar-refractivity contribution in [3.8, 4) is 5.75 Å². The van der Waals surface area contributed by atoms with E-state index >= 15 is 0 Å². The number of nitrogens with one attached hydrogen (secondary N) is 1. The number of nitrogens with zero attached hydrogens (tertiary/aromatic N) is 1. The van der Waals surface area contributed by atoms with E-state index in [-0.39, 0.29) is 18.3 Å². The number of rotatable bonds is 5. The number of amides is 1. The fraction of sp³-hybridized carbons (Fsp3) is 0.0588. The van der Waals surface area contributed by atoms with Gasteiger partial charge in [-0.25, -0.2) is 9.37 Å². The predicted molar refractivity (Wildman–Crippen MR) is 92.3 cm³/mol. The van der Waals surface area contributed by atoms with Crippen LogP contribution in [0.1, 0.15) is 15.5 Å². The van der Waals surface area contributed by atoms with Crippen LogP contribution in [0.25, 0.3) is 0 Å². The molecular weight excluding hydrogens is 351 g/mol. The zero-order valence-corrected chi connectivity index (χ0v) is 13.9. The maximum Gasteiger partial charge on any atom is 0.275 e. The van der Waals surface area contributed by atoms with Gasteiger partial charge in [-0.05, 0) is 48.5 Å². The van der Waals surface area contributed by atoms with Crippen molar-refractivity contribution in [3.05, 3.63) is 75.5 Å². The van der Waals surface area contributed by atoms with E-state index in [1.165, 1.54) is 35.6 Å². The minimum atomic E-state index is -0.358. The second-order valence-electron chi connectivity index (χ2n) is 4.83. The molecule has 4 nitrogen and oxygen atoms in total. The van der Waals surface area contributed by atoms with Gasteiger partial charge in [0, 0.05) is 16.1 Å². The third-order valence-corrected chi connectivity index (χ3v) is 4.14. The van der Waals surface area contributed by atoms with Crippen molar-refractivity contribution >= 4 is 34.5 Å². The van der Waals surface area contributed by atoms with E-state index in [1.807, 2.05) is 0 Å². The van der Waals surface area contributed by atoms with Crippen LogP contribution in [0, 0.1) is 5.82 Å². The second-order valence-corrected chi connectivity index (χ2v) is 6.21. The lowest BCUT2D eigenvalue weighted by molar-refractivity contribution is 0.102. The number of hydrogen-bond acceptors (Lipinski definition) is 4. The van der Waals surface area contributed by atoms with Crippen LogP contribution in [0.15, 0.2) is 53.9 Å². The molecule has 0 bridgehead atoms. The molecule has 1 aromatic heterocycles. The van der Waals surface area contributed by atoms with Crippen molar-refractivity contribution < 1.29 is 13.9 Å². The fourth-order valence-electron chi connectivity index (χ4n) is 1.89. The number of anilines is 1. The predicted octanol–water partition coefficient (Wildman–Crippen LogP) is 4.77. The van der Waals surface area contributed by atoms with E-state index in [0.29, 0.717) is 27.2 Å². The number of carbonyl (C=O) groups is 1. The van der Waals surface area contributed by atoms with Crippen molar-refractivity contribution in [2.75, 3.05) is 5.32 Å². The molecule has 3 aromatic rings. The lowest BCUT2D eigenvalue weighted by Gasteiger charge is -2.04. The molecule has 0 saturated heterocycles. The van der Waals surface area contributed by atoms with Gasteiger partial charge in [-0.2, -0.15) is 0 Å². The van der Waals surface area contributed by atoms with E-state index in [9.17, 15) is 9.18 Å². The third kappa shape index (κ3) is 4.31. The SMILES string of the molecule is O=C(Nc1ccc(F)cc1)c1csc(COc2ccc(Cl)cc2)n1. The molecular formula is C17H12ClFN2O2S. The molecule has 0 atom stereocenters. The molecule has 122 valence electrons. The maximum absolute atomic E-state index is 12.9. The topological polar surface area (TPSA) is 51.2 Å². The Balaban J connectivity index is 1.59. The van der Waals surface area contributed by atoms with Crippen LogP contribution in [-0.4, -0.2) is 10.9 Å². The van der Waals surface area contributed by atoms with Gasteiger partial charge in [0.2, 0.25) is 0 Å². The van der Waals surface area contributed by atoms with Crippen LogP contribution in [0.2, 0.25) is 5.02 Å². The van der Waals surface area contributed by atoms with Gasteiger partial charge in [0.1, 0.15) is 28.9 Å². The number of aromatic nitrogens is 1. The molecule has 0 spiro atoms. The van der Waals surface area contributed by atoms with Gasteiger partial charge in [0.15, 0.2) is 0 Å². The van der Waals surface area contributed by atoms with Crippen molar-refractivity contribution in [2.45, 2.75) is 6.61 Å². The van der Waals surface area contributed by atoms with Crippen molar-refractivity contribution in [1.82, 2.24) is 4.98 Å². The van der Waals surface area contributed by atoms with Gasteiger partial charge in [-0.3, -0.25) is 4.79 Å². The summed E-state index contributed by atoms with van der Waals surface area (Å²) in [5.41, 5.74) is 0.799. The number of carbonyl (C=O) groups excluding carboxylic acids is 1. The molecule has 3 rings (SSSR count). The minimum Gasteiger partial charge on any atom is -0.486 e. The Kier molecular flexibility index (Phi) is 5.08. The van der Waals surface area contributed by atoms with E-state index < -0.39 is 0 Å². The fourth-order valence-corrected chi connectivity index (χ4v) is 2.70. The highest BCUT2D eigenvalue weighted by Crippen LogP contribution is 2.19. The summed E-state index contributed by atoms with van der Waals surface area (Å²) in [5, 5.41) is 5.62. The van der Waals surface area contributed by atoms with E-state index in [1.54, 1.807) is 29.6 Å². The smallest absolute Gasteiger partial charge is 0.275 e. The molecule has 0 aliphatic carbocycles. The normalized spacial score (nSPS) is 10.4. The molecule has 1 amide bonds. The summed E-state index contributed by atoms with van der Waals surface area (Å²) in [5.74, 6) is -0.0363. The third-order valence-electron chi connectivity index (χ3n) is 3.06. The summed E-state index contributed by atoms with van der Waals surface area (Å²) < 4.78 is 18.4. The van der Waals surface area contributed by atoms with E-state index in [4.69, 9.17) is 16.3 Å². The van der Waals surface area contributed by atoms with Crippen molar-refractivity contribution in [3.63, 3.8) is 0 Å². The van der Waals surface area contributed by atoms with Crippen LogP contribution in [0.3, 0.4) is 0 Å². The molecule has 24 heavy (non-hydrogen) atoms. The Labute approximate surface area is 146 Å². The molecule has 1 heterocycles. The quantitative estimate of drug-likeness (QED) is 0.711. The van der Waals surface area contributed by atoms with Crippen LogP contribution >= 0.6 is 22.9 Å². The number of halogens is 2. The summed E-state index contributed by atoms with van der Waals surface area (Å²) in [6.07, 6.45) is 0. The van der Waals surface area contributed by atoms with Gasteiger partial charge in [-0.15, -0.1) is 11.3 Å². The van der Waals surface area contributed by atoms with Crippen LogP contribution in [0.5, 0.6) is 5.75 Å². The van der Waals surface area contributed by atoms with Gasteiger partial charge in [0.25, 0.3) is 5.91 Å². The highest BCUT2D eigenvalue weighted by molar-refractivity contribution is 7.09. The first-order valence-corrected chi connectivity index (χ1v) is 8.25. The Morgan fingerprint density at radius 2 is 1.88 bits per heavy atom. The van der Waals surface area contributed by atoms with Gasteiger partial charge in [-0.1, -0.05) is 11.6 Å². The lowest BCUT2D eigenvalue weighted by Crippen LogP contribution is -2.12. The largest absolute Gasteiger partial charge is 0.486 e. The molecule has 1 N–H and O–H groups in total. The lowest BCUT2D eigenvalue weighted by atomic mass is 10.3. The first-order chi connectivity index (χ1) is 11.6. The number of thiazole rings is 1. The summed E-state index contributed by atoms with van der Waals surface area (Å²) in [7, 11) is 0. The van der Waals surface area contributed by atoms with Crippen LogP contribution in [0.4, 0.5) is 10.1 Å². The average molecular weight is 363 g/mol. The van der Waals surface area contributed by atoms with Crippen LogP contribution in [-0.2, 0) is 6.61 Å². The number of ether oxygens (including phenoxy) is 1. The second kappa shape index (κ2) is 7.42. The van der Waals surface area contributed by atoms with Crippen LogP contribution < -0.4 is 10.1 Å². The standard InChI is InChI=1S/C17H12ClFN2O2S/c18-11-1-7-14(8-2-11)23-9-16-21-15(10-24-16)17(22)20-13-5-3-12(19)4-6-13/h1-8,10H,9H2,(H,20,22). The molecule has 0 saturated carbocycles. The highest BCUT2D eigenvalue weighted by Gasteiger charge is 2.11.